The van der Waals surface area contributed by atoms with E-state index in [9.17, 15) is 0 Å². The minimum atomic E-state index is 1.10. The van der Waals surface area contributed by atoms with Crippen molar-refractivity contribution in [3.63, 3.8) is 0 Å². The molecule has 0 saturated carbocycles. The molecule has 0 heteroatoms. The second-order valence-electron chi connectivity index (χ2n) is 9.73. The summed E-state index contributed by atoms with van der Waals surface area (Å²) in [6.07, 6.45) is 1.10. The average molecular weight is 499 g/mol. The van der Waals surface area contributed by atoms with E-state index in [0.717, 1.165) is 6.42 Å². The zero-order valence-corrected chi connectivity index (χ0v) is 21.9. The van der Waals surface area contributed by atoms with Crippen molar-refractivity contribution >= 4 is 21.5 Å². The summed E-state index contributed by atoms with van der Waals surface area (Å²) in [4.78, 5) is 0. The molecule has 0 aromatic heterocycles. The fourth-order valence-corrected chi connectivity index (χ4v) is 5.30. The van der Waals surface area contributed by atoms with Gasteiger partial charge in [-0.05, 0) is 61.3 Å². The van der Waals surface area contributed by atoms with Gasteiger partial charge in [-0.1, -0.05) is 170 Å². The number of benzene rings is 7. The molecular weight excluding hydrogens is 468 g/mol. The van der Waals surface area contributed by atoms with Crippen molar-refractivity contribution in [3.05, 3.63) is 181 Å². The second kappa shape index (κ2) is 11.6. The molecule has 7 aromatic carbocycles. The standard InChI is InChI=1S/C14H10.C13H10.C12H10/c1-3-7-13-11(5-1)9-10-12-6-2-4-8-14(12)13;1-3-7-12-10(5-1)9-11-6-2-4-8-13(11)12;1-3-7-11(8-4-1)12-9-5-2-6-10-12/h1-10H;1-8H,9H2;1-10H. The molecule has 0 aliphatic heterocycles. The third-order valence-electron chi connectivity index (χ3n) is 7.24. The van der Waals surface area contributed by atoms with E-state index in [1.807, 2.05) is 12.1 Å². The maximum absolute atomic E-state index is 2.22. The molecule has 0 spiro atoms. The highest BCUT2D eigenvalue weighted by molar-refractivity contribution is 6.07. The Morgan fingerprint density at radius 1 is 0.282 bits per heavy atom. The molecule has 7 aromatic rings. The van der Waals surface area contributed by atoms with Crippen LogP contribution in [0.2, 0.25) is 0 Å². The summed E-state index contributed by atoms with van der Waals surface area (Å²) >= 11 is 0. The summed E-state index contributed by atoms with van der Waals surface area (Å²) in [5.41, 5.74) is 8.31. The Morgan fingerprint density at radius 3 is 1.10 bits per heavy atom. The first-order valence-electron chi connectivity index (χ1n) is 13.5. The van der Waals surface area contributed by atoms with Gasteiger partial charge in [0.15, 0.2) is 0 Å². The molecular formula is C39H30. The van der Waals surface area contributed by atoms with Crippen LogP contribution in [0.4, 0.5) is 0 Å². The largest absolute Gasteiger partial charge is 0.0622 e. The molecule has 0 radical (unpaired) electrons. The molecule has 39 heavy (non-hydrogen) atoms. The van der Waals surface area contributed by atoms with Crippen LogP contribution in [0.3, 0.4) is 0 Å². The van der Waals surface area contributed by atoms with Gasteiger partial charge in [-0.3, -0.25) is 0 Å². The van der Waals surface area contributed by atoms with Gasteiger partial charge in [-0.2, -0.15) is 0 Å². The van der Waals surface area contributed by atoms with E-state index in [2.05, 4.69) is 158 Å². The molecule has 8 rings (SSSR count). The Morgan fingerprint density at radius 2 is 0.641 bits per heavy atom. The van der Waals surface area contributed by atoms with Crippen molar-refractivity contribution in [1.82, 2.24) is 0 Å². The fourth-order valence-electron chi connectivity index (χ4n) is 5.30. The van der Waals surface area contributed by atoms with Gasteiger partial charge in [0.05, 0.1) is 0 Å². The first kappa shape index (κ1) is 24.4. The van der Waals surface area contributed by atoms with E-state index in [4.69, 9.17) is 0 Å². The van der Waals surface area contributed by atoms with Gasteiger partial charge >= 0.3 is 0 Å². The van der Waals surface area contributed by atoms with E-state index >= 15 is 0 Å². The van der Waals surface area contributed by atoms with Crippen LogP contribution >= 0.6 is 0 Å². The van der Waals surface area contributed by atoms with Gasteiger partial charge in [-0.25, -0.2) is 0 Å². The molecule has 0 heterocycles. The molecule has 0 N–H and O–H groups in total. The van der Waals surface area contributed by atoms with Crippen LogP contribution in [0.5, 0.6) is 0 Å². The van der Waals surface area contributed by atoms with Crippen molar-refractivity contribution in [2.75, 3.05) is 0 Å². The molecule has 0 fully saturated rings. The van der Waals surface area contributed by atoms with Crippen LogP contribution in [0.25, 0.3) is 43.8 Å². The number of rotatable bonds is 1. The summed E-state index contributed by atoms with van der Waals surface area (Å²) in [5.74, 6) is 0. The van der Waals surface area contributed by atoms with Crippen LogP contribution in [-0.4, -0.2) is 0 Å². The van der Waals surface area contributed by atoms with Crippen LogP contribution in [0, 0.1) is 0 Å². The topological polar surface area (TPSA) is 0 Å². The molecule has 1 aliphatic carbocycles. The quantitative estimate of drug-likeness (QED) is 0.197. The lowest BCUT2D eigenvalue weighted by Gasteiger charge is -2.02. The Balaban J connectivity index is 0.000000107. The predicted molar refractivity (Wildman–Crippen MR) is 168 cm³/mol. The third-order valence-corrected chi connectivity index (χ3v) is 7.24. The monoisotopic (exact) mass is 498 g/mol. The molecule has 0 bridgehead atoms. The smallest absolute Gasteiger partial charge is 0.00135 e. The van der Waals surface area contributed by atoms with Crippen molar-refractivity contribution < 1.29 is 0 Å². The van der Waals surface area contributed by atoms with Crippen molar-refractivity contribution in [1.29, 1.82) is 0 Å². The molecule has 0 amide bonds. The second-order valence-corrected chi connectivity index (χ2v) is 9.73. The van der Waals surface area contributed by atoms with Crippen LogP contribution < -0.4 is 0 Å². The van der Waals surface area contributed by atoms with Gasteiger partial charge < -0.3 is 0 Å². The summed E-state index contributed by atoms with van der Waals surface area (Å²) in [7, 11) is 0. The summed E-state index contributed by atoms with van der Waals surface area (Å²) in [6, 6.07) is 59.5. The highest BCUT2D eigenvalue weighted by atomic mass is 14.2. The number of fused-ring (bicyclic) bond motifs is 6. The average Bonchev–Trinajstić information content (AvgIpc) is 3.41. The first-order valence-corrected chi connectivity index (χ1v) is 13.5. The zero-order valence-electron chi connectivity index (χ0n) is 21.9. The molecule has 0 saturated heterocycles. The van der Waals surface area contributed by atoms with Gasteiger partial charge in [0.2, 0.25) is 0 Å². The van der Waals surface area contributed by atoms with Gasteiger partial charge in [0, 0.05) is 0 Å². The van der Waals surface area contributed by atoms with Crippen LogP contribution in [0.1, 0.15) is 11.1 Å². The highest BCUT2D eigenvalue weighted by Gasteiger charge is 2.15. The molecule has 0 atom stereocenters. The Kier molecular flexibility index (Phi) is 7.27. The van der Waals surface area contributed by atoms with E-state index in [0.29, 0.717) is 0 Å². The van der Waals surface area contributed by atoms with Crippen LogP contribution in [-0.2, 0) is 6.42 Å². The predicted octanol–water partition coefficient (Wildman–Crippen LogP) is 10.6. The summed E-state index contributed by atoms with van der Waals surface area (Å²) in [6.45, 7) is 0. The fraction of sp³-hybridized carbons (Fsp3) is 0.0256. The van der Waals surface area contributed by atoms with Crippen molar-refractivity contribution in [2.24, 2.45) is 0 Å². The van der Waals surface area contributed by atoms with E-state index in [1.54, 1.807) is 0 Å². The lowest BCUT2D eigenvalue weighted by atomic mass is 10.0. The highest BCUT2D eigenvalue weighted by Crippen LogP contribution is 2.35. The van der Waals surface area contributed by atoms with E-state index in [-0.39, 0.29) is 0 Å². The Hall–Kier alpha value is -4.94. The SMILES string of the molecule is c1ccc(-c2ccccc2)cc1.c1ccc2c(c1)Cc1ccccc1-2.c1ccc2c(c1)ccc1ccccc12. The van der Waals surface area contributed by atoms with E-state index < -0.39 is 0 Å². The minimum Gasteiger partial charge on any atom is -0.0622 e. The van der Waals surface area contributed by atoms with E-state index in [1.165, 1.54) is 54.9 Å². The Bertz CT molecular complexity index is 1680. The molecule has 0 unspecified atom stereocenters. The lowest BCUT2D eigenvalue weighted by Crippen LogP contribution is -1.77. The normalized spacial score (nSPS) is 11.0. The zero-order chi connectivity index (χ0) is 26.3. The maximum atomic E-state index is 2.22. The number of hydrogen-bond acceptors (Lipinski definition) is 0. The van der Waals surface area contributed by atoms with Crippen LogP contribution in [0.15, 0.2) is 170 Å². The van der Waals surface area contributed by atoms with Gasteiger partial charge in [-0.15, -0.1) is 0 Å². The molecule has 0 nitrogen and oxygen atoms in total. The maximum Gasteiger partial charge on any atom is -0.00135 e. The third kappa shape index (κ3) is 5.51. The summed E-state index contributed by atoms with van der Waals surface area (Å²) in [5, 5.41) is 5.30. The molecule has 186 valence electrons. The molecule has 1 aliphatic rings. The number of hydrogen-bond donors (Lipinski definition) is 0. The Labute approximate surface area is 230 Å². The van der Waals surface area contributed by atoms with Crippen molar-refractivity contribution in [2.45, 2.75) is 6.42 Å². The first-order chi connectivity index (χ1) is 19.4. The lowest BCUT2D eigenvalue weighted by molar-refractivity contribution is 1.26. The minimum absolute atomic E-state index is 1.10. The van der Waals surface area contributed by atoms with Gasteiger partial charge in [0.1, 0.15) is 0 Å². The summed E-state index contributed by atoms with van der Waals surface area (Å²) < 4.78 is 0. The van der Waals surface area contributed by atoms with Crippen molar-refractivity contribution in [3.8, 4) is 22.3 Å². The van der Waals surface area contributed by atoms with Gasteiger partial charge in [0.25, 0.3) is 0 Å².